The van der Waals surface area contributed by atoms with E-state index in [-0.39, 0.29) is 19.0 Å². The summed E-state index contributed by atoms with van der Waals surface area (Å²) >= 11 is 0. The summed E-state index contributed by atoms with van der Waals surface area (Å²) < 4.78 is 32.1. The SMILES string of the molecule is CC/C=C\C/C=C\C/C=C\CCCCCCCCCC(=O)OC(COC(=O)CCCCCCCCCCCCCCCCCCCCCCCCCC)COP(=O)(O)OC. The molecular weight excluding hydrogens is 772 g/mol. The van der Waals surface area contributed by atoms with E-state index < -0.39 is 26.5 Å². The van der Waals surface area contributed by atoms with Gasteiger partial charge in [-0.25, -0.2) is 4.57 Å². The average molecular weight is 867 g/mol. The van der Waals surface area contributed by atoms with Crippen molar-refractivity contribution >= 4 is 19.8 Å². The van der Waals surface area contributed by atoms with Gasteiger partial charge in [0.2, 0.25) is 0 Å². The van der Waals surface area contributed by atoms with Crippen LogP contribution in [-0.2, 0) is 32.7 Å². The summed E-state index contributed by atoms with van der Waals surface area (Å²) in [7, 11) is -3.20. The molecule has 2 unspecified atom stereocenters. The molecule has 0 heterocycles. The Labute approximate surface area is 370 Å². The first kappa shape index (κ1) is 58.3. The Hall–Kier alpha value is -1.73. The van der Waals surface area contributed by atoms with Gasteiger partial charge in [-0.1, -0.05) is 230 Å². The van der Waals surface area contributed by atoms with Crippen LogP contribution in [-0.4, -0.2) is 43.3 Å². The molecule has 2 atom stereocenters. The standard InChI is InChI=1S/C51H95O8P/c1-4-6-8-10-12-14-16-18-20-22-23-24-25-26-27-28-30-31-33-35-37-39-41-43-45-50(52)57-47-49(48-58-60(54,55)56-3)59-51(53)46-44-42-40-38-36-34-32-29-21-19-17-15-13-11-9-7-5-2/h7,9,13,15,19,21,49H,4-6,8,10-12,14,16-18,20,22-48H2,1-3H3,(H,54,55)/b9-7-,15-13-,21-19-. The van der Waals surface area contributed by atoms with Crippen molar-refractivity contribution in [2.75, 3.05) is 20.3 Å². The molecule has 0 amide bonds. The van der Waals surface area contributed by atoms with E-state index in [1.807, 2.05) is 0 Å². The van der Waals surface area contributed by atoms with Crippen LogP contribution in [0.2, 0.25) is 0 Å². The van der Waals surface area contributed by atoms with Crippen LogP contribution in [0.5, 0.6) is 0 Å². The lowest BCUT2D eigenvalue weighted by Gasteiger charge is -2.19. The molecular formula is C51H95O8P. The first-order chi connectivity index (χ1) is 29.3. The monoisotopic (exact) mass is 867 g/mol. The van der Waals surface area contributed by atoms with Crippen molar-refractivity contribution < 1.29 is 37.6 Å². The molecule has 8 nitrogen and oxygen atoms in total. The van der Waals surface area contributed by atoms with Gasteiger partial charge >= 0.3 is 19.8 Å². The maximum Gasteiger partial charge on any atom is 0.472 e. The topological polar surface area (TPSA) is 108 Å². The summed E-state index contributed by atoms with van der Waals surface area (Å²) in [5.41, 5.74) is 0. The second kappa shape index (κ2) is 46.8. The maximum absolute atomic E-state index is 12.5. The molecule has 0 aromatic rings. The molecule has 0 aliphatic rings. The van der Waals surface area contributed by atoms with Gasteiger partial charge in [-0.2, -0.15) is 0 Å². The van der Waals surface area contributed by atoms with Crippen LogP contribution in [0.4, 0.5) is 0 Å². The number of ether oxygens (including phenoxy) is 2. The van der Waals surface area contributed by atoms with Crippen molar-refractivity contribution in [3.8, 4) is 0 Å². The Kier molecular flexibility index (Phi) is 45.4. The molecule has 9 heteroatoms. The summed E-state index contributed by atoms with van der Waals surface area (Å²) in [5, 5.41) is 0. The number of phosphoric ester groups is 1. The smallest absolute Gasteiger partial charge is 0.462 e. The molecule has 0 aliphatic carbocycles. The van der Waals surface area contributed by atoms with E-state index in [2.05, 4.69) is 54.8 Å². The van der Waals surface area contributed by atoms with Gasteiger partial charge in [0.15, 0.2) is 6.10 Å². The Morgan fingerprint density at radius 3 is 1.27 bits per heavy atom. The molecule has 0 saturated heterocycles. The van der Waals surface area contributed by atoms with Crippen molar-refractivity contribution in [2.24, 2.45) is 0 Å². The molecule has 0 aromatic carbocycles. The van der Waals surface area contributed by atoms with Crippen LogP contribution in [0.1, 0.15) is 251 Å². The van der Waals surface area contributed by atoms with Gasteiger partial charge in [0.1, 0.15) is 6.61 Å². The molecule has 0 bridgehead atoms. The van der Waals surface area contributed by atoms with Crippen molar-refractivity contribution in [3.63, 3.8) is 0 Å². The predicted octanol–water partition coefficient (Wildman–Crippen LogP) is 16.3. The predicted molar refractivity (Wildman–Crippen MR) is 253 cm³/mol. The second-order valence-electron chi connectivity index (χ2n) is 16.9. The van der Waals surface area contributed by atoms with Crippen LogP contribution in [0.25, 0.3) is 0 Å². The minimum atomic E-state index is -4.27. The minimum absolute atomic E-state index is 0.226. The zero-order valence-electron chi connectivity index (χ0n) is 39.4. The lowest BCUT2D eigenvalue weighted by molar-refractivity contribution is -0.161. The van der Waals surface area contributed by atoms with Gasteiger partial charge in [-0.15, -0.1) is 0 Å². The highest BCUT2D eigenvalue weighted by Gasteiger charge is 2.24. The Morgan fingerprint density at radius 2 is 0.850 bits per heavy atom. The number of rotatable bonds is 47. The highest BCUT2D eigenvalue weighted by Crippen LogP contribution is 2.42. The lowest BCUT2D eigenvalue weighted by atomic mass is 10.0. The zero-order valence-corrected chi connectivity index (χ0v) is 40.3. The van der Waals surface area contributed by atoms with Crippen molar-refractivity contribution in [2.45, 2.75) is 258 Å². The van der Waals surface area contributed by atoms with E-state index >= 15 is 0 Å². The lowest BCUT2D eigenvalue weighted by Crippen LogP contribution is -2.29. The summed E-state index contributed by atoms with van der Waals surface area (Å²) in [6.07, 6.45) is 56.4. The van der Waals surface area contributed by atoms with Crippen molar-refractivity contribution in [1.29, 1.82) is 0 Å². The van der Waals surface area contributed by atoms with Crippen molar-refractivity contribution in [3.05, 3.63) is 36.5 Å². The van der Waals surface area contributed by atoms with Crippen LogP contribution in [0, 0.1) is 0 Å². The minimum Gasteiger partial charge on any atom is -0.462 e. The van der Waals surface area contributed by atoms with Crippen LogP contribution >= 0.6 is 7.82 Å². The van der Waals surface area contributed by atoms with Gasteiger partial charge < -0.3 is 14.4 Å². The number of allylic oxidation sites excluding steroid dienone is 6. The normalized spacial score (nSPS) is 13.5. The highest BCUT2D eigenvalue weighted by molar-refractivity contribution is 7.47. The van der Waals surface area contributed by atoms with E-state index in [9.17, 15) is 19.0 Å². The zero-order chi connectivity index (χ0) is 43.9. The molecule has 0 fully saturated rings. The largest absolute Gasteiger partial charge is 0.472 e. The van der Waals surface area contributed by atoms with E-state index in [4.69, 9.17) is 14.0 Å². The summed E-state index contributed by atoms with van der Waals surface area (Å²) in [4.78, 5) is 34.6. The maximum atomic E-state index is 12.5. The number of phosphoric acid groups is 1. The fourth-order valence-corrected chi connectivity index (χ4v) is 7.78. The first-order valence-electron chi connectivity index (χ1n) is 25.2. The van der Waals surface area contributed by atoms with Gasteiger partial charge in [0.05, 0.1) is 6.61 Å². The molecule has 0 radical (unpaired) electrons. The summed E-state index contributed by atoms with van der Waals surface area (Å²) in [5.74, 6) is -0.804. The van der Waals surface area contributed by atoms with Crippen LogP contribution < -0.4 is 0 Å². The third kappa shape index (κ3) is 45.8. The molecule has 0 rings (SSSR count). The molecule has 0 spiro atoms. The molecule has 352 valence electrons. The second-order valence-corrected chi connectivity index (χ2v) is 18.5. The summed E-state index contributed by atoms with van der Waals surface area (Å²) in [6, 6.07) is 0. The number of hydrogen-bond donors (Lipinski definition) is 1. The number of esters is 2. The summed E-state index contributed by atoms with van der Waals surface area (Å²) in [6.45, 7) is 3.81. The number of carbonyl (C=O) groups is 2. The fourth-order valence-electron chi connectivity index (χ4n) is 7.32. The Morgan fingerprint density at radius 1 is 0.483 bits per heavy atom. The number of hydrogen-bond acceptors (Lipinski definition) is 7. The first-order valence-corrected chi connectivity index (χ1v) is 26.7. The quantitative estimate of drug-likeness (QED) is 0.0279. The van der Waals surface area contributed by atoms with E-state index in [1.165, 1.54) is 154 Å². The molecule has 0 aromatic heterocycles. The number of carbonyl (C=O) groups excluding carboxylic acids is 2. The molecule has 60 heavy (non-hydrogen) atoms. The molecule has 0 saturated carbocycles. The Balaban J connectivity index is 3.85. The Bertz CT molecular complexity index is 1070. The van der Waals surface area contributed by atoms with Gasteiger partial charge in [-0.3, -0.25) is 18.6 Å². The van der Waals surface area contributed by atoms with Crippen LogP contribution in [0.15, 0.2) is 36.5 Å². The van der Waals surface area contributed by atoms with E-state index in [0.717, 1.165) is 71.3 Å². The van der Waals surface area contributed by atoms with E-state index in [1.54, 1.807) is 0 Å². The third-order valence-corrected chi connectivity index (χ3v) is 12.1. The van der Waals surface area contributed by atoms with Crippen LogP contribution in [0.3, 0.4) is 0 Å². The number of unbranched alkanes of at least 4 members (excludes halogenated alkanes) is 30. The highest BCUT2D eigenvalue weighted by atomic mass is 31.2. The van der Waals surface area contributed by atoms with Gasteiger partial charge in [0.25, 0.3) is 0 Å². The fraction of sp³-hybridized carbons (Fsp3) is 0.843. The molecule has 1 N–H and O–H groups in total. The molecule has 0 aliphatic heterocycles. The third-order valence-electron chi connectivity index (χ3n) is 11.1. The van der Waals surface area contributed by atoms with Crippen molar-refractivity contribution in [1.82, 2.24) is 0 Å². The van der Waals surface area contributed by atoms with E-state index in [0.29, 0.717) is 12.8 Å². The average Bonchev–Trinajstić information content (AvgIpc) is 3.24. The van der Waals surface area contributed by atoms with Gasteiger partial charge in [-0.05, 0) is 44.9 Å². The van der Waals surface area contributed by atoms with Gasteiger partial charge in [0, 0.05) is 20.0 Å².